The van der Waals surface area contributed by atoms with Gasteiger partial charge in [-0.15, -0.1) is 0 Å². The molecule has 0 spiro atoms. The fourth-order valence-electron chi connectivity index (χ4n) is 3.76. The molecule has 1 aromatic carbocycles. The lowest BCUT2D eigenvalue weighted by Gasteiger charge is -2.29. The third kappa shape index (κ3) is 3.65. The monoisotopic (exact) mass is 347 g/mol. The minimum absolute atomic E-state index is 0.0207. The molecule has 0 bridgehead atoms. The van der Waals surface area contributed by atoms with Crippen LogP contribution in [0.15, 0.2) is 24.3 Å². The predicted molar refractivity (Wildman–Crippen MR) is 90.0 cm³/mol. The number of carbonyl (C=O) groups excluding carboxylic acids is 3. The van der Waals surface area contributed by atoms with Crippen molar-refractivity contribution in [1.29, 1.82) is 0 Å². The summed E-state index contributed by atoms with van der Waals surface area (Å²) in [6, 6.07) is 5.61. The second kappa shape index (κ2) is 7.21. The highest BCUT2D eigenvalue weighted by molar-refractivity contribution is 6.10. The van der Waals surface area contributed by atoms with Gasteiger partial charge < -0.3 is 15.5 Å². The summed E-state index contributed by atoms with van der Waals surface area (Å²) >= 11 is 0. The van der Waals surface area contributed by atoms with Gasteiger partial charge in [-0.2, -0.15) is 0 Å². The van der Waals surface area contributed by atoms with Crippen molar-refractivity contribution in [2.75, 3.05) is 18.0 Å². The lowest BCUT2D eigenvalue weighted by molar-refractivity contribution is -0.144. The molecule has 0 aromatic heterocycles. The summed E-state index contributed by atoms with van der Waals surface area (Å²) in [7, 11) is 0. The van der Waals surface area contributed by atoms with E-state index in [1.54, 1.807) is 0 Å². The van der Waals surface area contributed by atoms with E-state index in [4.69, 9.17) is 5.73 Å². The Bertz CT molecular complexity index is 671. The summed E-state index contributed by atoms with van der Waals surface area (Å²) in [5, 5.41) is 0. The van der Waals surface area contributed by atoms with Crippen molar-refractivity contribution in [2.24, 2.45) is 11.7 Å². The van der Waals surface area contributed by atoms with Gasteiger partial charge >= 0.3 is 0 Å². The van der Waals surface area contributed by atoms with Crippen LogP contribution >= 0.6 is 0 Å². The molecule has 3 rings (SSSR count). The molecule has 2 N–H and O–H groups in total. The van der Waals surface area contributed by atoms with Crippen LogP contribution in [0.3, 0.4) is 0 Å². The van der Waals surface area contributed by atoms with Crippen molar-refractivity contribution < 1.29 is 18.8 Å². The molecule has 1 aromatic rings. The average Bonchev–Trinajstić information content (AvgIpc) is 3.23. The highest BCUT2D eigenvalue weighted by Gasteiger charge is 2.42. The molecule has 25 heavy (non-hydrogen) atoms. The van der Waals surface area contributed by atoms with Gasteiger partial charge in [0.2, 0.25) is 17.7 Å². The summed E-state index contributed by atoms with van der Waals surface area (Å²) in [5.74, 6) is -2.37. The molecule has 6 nitrogen and oxygen atoms in total. The topological polar surface area (TPSA) is 83.7 Å². The summed E-state index contributed by atoms with van der Waals surface area (Å²) in [6.45, 7) is 0.250. The Morgan fingerprint density at radius 1 is 1.16 bits per heavy atom. The molecule has 0 unspecified atom stereocenters. The molecular formula is C18H22FN3O3. The zero-order valence-corrected chi connectivity index (χ0v) is 14.0. The molecule has 1 saturated heterocycles. The van der Waals surface area contributed by atoms with E-state index in [1.807, 2.05) is 0 Å². The number of amides is 3. The Morgan fingerprint density at radius 3 is 2.40 bits per heavy atom. The van der Waals surface area contributed by atoms with Gasteiger partial charge in [-0.3, -0.25) is 14.4 Å². The zero-order chi connectivity index (χ0) is 18.0. The SMILES string of the molecule is NC(=O)CN(C(=O)[C@@H]1CCN(c2ccc(F)cc2)C1=O)C1CCCC1. The predicted octanol–water partition coefficient (Wildman–Crippen LogP) is 1.44. The number of hydrogen-bond donors (Lipinski definition) is 1. The van der Waals surface area contributed by atoms with Crippen molar-refractivity contribution in [2.45, 2.75) is 38.1 Å². The highest BCUT2D eigenvalue weighted by atomic mass is 19.1. The third-order valence-corrected chi connectivity index (χ3v) is 5.02. The lowest BCUT2D eigenvalue weighted by Crippen LogP contribution is -2.48. The minimum Gasteiger partial charge on any atom is -0.368 e. The smallest absolute Gasteiger partial charge is 0.239 e. The fraction of sp³-hybridized carbons (Fsp3) is 0.500. The maximum Gasteiger partial charge on any atom is 0.239 e. The van der Waals surface area contributed by atoms with E-state index in [0.29, 0.717) is 18.7 Å². The van der Waals surface area contributed by atoms with Gasteiger partial charge in [-0.25, -0.2) is 4.39 Å². The molecule has 0 radical (unpaired) electrons. The number of benzene rings is 1. The first-order valence-electron chi connectivity index (χ1n) is 8.63. The van der Waals surface area contributed by atoms with Gasteiger partial charge in [0, 0.05) is 18.3 Å². The van der Waals surface area contributed by atoms with Gasteiger partial charge in [-0.05, 0) is 43.5 Å². The van der Waals surface area contributed by atoms with E-state index < -0.39 is 11.8 Å². The first-order valence-corrected chi connectivity index (χ1v) is 8.63. The van der Waals surface area contributed by atoms with Gasteiger partial charge in [-0.1, -0.05) is 12.8 Å². The maximum atomic E-state index is 13.1. The first kappa shape index (κ1) is 17.4. The van der Waals surface area contributed by atoms with E-state index in [-0.39, 0.29) is 30.2 Å². The van der Waals surface area contributed by atoms with Crippen molar-refractivity contribution >= 4 is 23.4 Å². The average molecular weight is 347 g/mol. The Kier molecular flexibility index (Phi) is 5.01. The molecular weight excluding hydrogens is 325 g/mol. The third-order valence-electron chi connectivity index (χ3n) is 5.02. The summed E-state index contributed by atoms with van der Waals surface area (Å²) in [6.07, 6.45) is 4.07. The standard InChI is InChI=1S/C18H22FN3O3/c19-12-5-7-14(8-6-12)21-10-9-15(17(21)24)18(25)22(11-16(20)23)13-3-1-2-4-13/h5-8,13,15H,1-4,9-11H2,(H2,20,23)/t15-/m1/s1. The second-order valence-corrected chi connectivity index (χ2v) is 6.68. The minimum atomic E-state index is -0.801. The Balaban J connectivity index is 1.75. The molecule has 134 valence electrons. The van der Waals surface area contributed by atoms with Crippen molar-refractivity contribution in [3.8, 4) is 0 Å². The van der Waals surface area contributed by atoms with Gasteiger partial charge in [0.15, 0.2) is 0 Å². The van der Waals surface area contributed by atoms with Gasteiger partial charge in [0.05, 0.1) is 6.54 Å². The van der Waals surface area contributed by atoms with Crippen LogP contribution in [0.4, 0.5) is 10.1 Å². The van der Waals surface area contributed by atoms with Crippen LogP contribution in [0.2, 0.25) is 0 Å². The number of primary amides is 1. The highest BCUT2D eigenvalue weighted by Crippen LogP contribution is 2.30. The summed E-state index contributed by atoms with van der Waals surface area (Å²) in [4.78, 5) is 40.0. The summed E-state index contributed by atoms with van der Waals surface area (Å²) < 4.78 is 13.1. The molecule has 3 amide bonds. The molecule has 7 heteroatoms. The Labute approximate surface area is 145 Å². The van der Waals surface area contributed by atoms with Crippen LogP contribution in [-0.2, 0) is 14.4 Å². The van der Waals surface area contributed by atoms with Crippen molar-refractivity contribution in [1.82, 2.24) is 4.90 Å². The Morgan fingerprint density at radius 2 is 1.80 bits per heavy atom. The van der Waals surface area contributed by atoms with Crippen LogP contribution in [0, 0.1) is 11.7 Å². The van der Waals surface area contributed by atoms with Crippen LogP contribution < -0.4 is 10.6 Å². The number of carbonyl (C=O) groups is 3. The Hall–Kier alpha value is -2.44. The molecule has 1 heterocycles. The van der Waals surface area contributed by atoms with Crippen LogP contribution in [0.5, 0.6) is 0 Å². The lowest BCUT2D eigenvalue weighted by atomic mass is 10.0. The van der Waals surface area contributed by atoms with Gasteiger partial charge in [0.1, 0.15) is 11.7 Å². The van der Waals surface area contributed by atoms with E-state index in [1.165, 1.54) is 34.1 Å². The number of nitrogens with zero attached hydrogens (tertiary/aromatic N) is 2. The van der Waals surface area contributed by atoms with E-state index in [9.17, 15) is 18.8 Å². The second-order valence-electron chi connectivity index (χ2n) is 6.68. The van der Waals surface area contributed by atoms with Crippen LogP contribution in [0.25, 0.3) is 0 Å². The number of anilines is 1. The number of hydrogen-bond acceptors (Lipinski definition) is 3. The molecule has 2 fully saturated rings. The maximum absolute atomic E-state index is 13.1. The normalized spacial score (nSPS) is 20.9. The van der Waals surface area contributed by atoms with Crippen molar-refractivity contribution in [3.05, 3.63) is 30.1 Å². The summed E-state index contributed by atoms with van der Waals surface area (Å²) in [5.41, 5.74) is 5.87. The fourth-order valence-corrected chi connectivity index (χ4v) is 3.76. The molecule has 1 atom stereocenters. The van der Waals surface area contributed by atoms with E-state index in [2.05, 4.69) is 0 Å². The number of rotatable bonds is 5. The quantitative estimate of drug-likeness (QED) is 0.818. The van der Waals surface area contributed by atoms with Crippen molar-refractivity contribution in [3.63, 3.8) is 0 Å². The van der Waals surface area contributed by atoms with Crippen LogP contribution in [0.1, 0.15) is 32.1 Å². The number of halogens is 1. The molecule has 1 aliphatic carbocycles. The van der Waals surface area contributed by atoms with E-state index >= 15 is 0 Å². The molecule has 2 aliphatic rings. The number of nitrogens with two attached hydrogens (primary N) is 1. The zero-order valence-electron chi connectivity index (χ0n) is 14.0. The molecule has 1 saturated carbocycles. The van der Waals surface area contributed by atoms with Gasteiger partial charge in [0.25, 0.3) is 0 Å². The largest absolute Gasteiger partial charge is 0.368 e. The van der Waals surface area contributed by atoms with Crippen LogP contribution in [-0.4, -0.2) is 41.8 Å². The molecule has 1 aliphatic heterocycles. The first-order chi connectivity index (χ1) is 12.0. The van der Waals surface area contributed by atoms with E-state index in [0.717, 1.165) is 25.7 Å².